The van der Waals surface area contributed by atoms with Crippen molar-refractivity contribution < 1.29 is 4.79 Å². The minimum Gasteiger partial charge on any atom is -0.371 e. The molecular weight excluding hydrogens is 420 g/mol. The smallest absolute Gasteiger partial charge is 0.220 e. The Balaban J connectivity index is 0.937. The normalized spacial score (nSPS) is 30.9. The molecule has 5 nitrogen and oxygen atoms in total. The van der Waals surface area contributed by atoms with Gasteiger partial charge in [-0.15, -0.1) is 0 Å². The fraction of sp³-hybridized carbons (Fsp3) is 0.586. The van der Waals surface area contributed by atoms with Crippen LogP contribution in [-0.4, -0.2) is 34.9 Å². The van der Waals surface area contributed by atoms with E-state index in [2.05, 4.69) is 51.1 Å². The fourth-order valence-electron chi connectivity index (χ4n) is 8.37. The summed E-state index contributed by atoms with van der Waals surface area (Å²) in [6.45, 7) is 2.97. The van der Waals surface area contributed by atoms with Crippen molar-refractivity contribution >= 4 is 28.3 Å². The van der Waals surface area contributed by atoms with E-state index >= 15 is 0 Å². The lowest BCUT2D eigenvalue weighted by atomic mass is 9.49. The van der Waals surface area contributed by atoms with Crippen LogP contribution >= 0.6 is 0 Å². The molecule has 2 aromatic heterocycles. The predicted molar refractivity (Wildman–Crippen MR) is 136 cm³/mol. The quantitative estimate of drug-likeness (QED) is 0.557. The van der Waals surface area contributed by atoms with Crippen LogP contribution < -0.4 is 10.2 Å². The van der Waals surface area contributed by atoms with Crippen molar-refractivity contribution in [2.75, 3.05) is 24.5 Å². The number of benzene rings is 1. The topological polar surface area (TPSA) is 49.6 Å². The summed E-state index contributed by atoms with van der Waals surface area (Å²) in [4.78, 5) is 20.1. The number of pyridine rings is 1. The zero-order chi connectivity index (χ0) is 22.7. The average molecular weight is 457 g/mol. The molecule has 4 saturated carbocycles. The standard InChI is InChI=1S/C29H36N4O/c34-28(30-19-29-16-21-11-22(17-29)13-23(12-21)18-29)14-20-5-8-32(9-6-20)24-7-10-33-26-4-2-1-3-25(26)31-27(33)15-24/h1-4,7,10,15,20-23H,5-6,8-9,11-14,16-19H2,(H,30,34). The molecule has 1 aliphatic heterocycles. The summed E-state index contributed by atoms with van der Waals surface area (Å²) in [6.07, 6.45) is 13.5. The van der Waals surface area contributed by atoms with E-state index in [1.54, 1.807) is 0 Å². The third kappa shape index (κ3) is 3.68. The Labute approximate surface area is 201 Å². The maximum atomic E-state index is 12.9. The molecule has 3 heterocycles. The van der Waals surface area contributed by atoms with Crippen molar-refractivity contribution in [3.8, 4) is 0 Å². The van der Waals surface area contributed by atoms with Crippen LogP contribution in [-0.2, 0) is 4.79 Å². The monoisotopic (exact) mass is 456 g/mol. The summed E-state index contributed by atoms with van der Waals surface area (Å²) in [7, 11) is 0. The molecular formula is C29H36N4O. The van der Waals surface area contributed by atoms with Crippen LogP contribution in [0.15, 0.2) is 42.6 Å². The van der Waals surface area contributed by atoms with E-state index in [1.807, 2.05) is 6.07 Å². The molecule has 0 atom stereocenters. The molecule has 3 aromatic rings. The number of hydrogen-bond donors (Lipinski definition) is 1. The van der Waals surface area contributed by atoms with Crippen LogP contribution in [0.4, 0.5) is 5.69 Å². The average Bonchev–Trinajstić information content (AvgIpc) is 3.20. The van der Waals surface area contributed by atoms with Gasteiger partial charge in [0.15, 0.2) is 0 Å². The third-order valence-electron chi connectivity index (χ3n) is 9.57. The van der Waals surface area contributed by atoms with Crippen LogP contribution in [0.2, 0.25) is 0 Å². The number of nitrogens with one attached hydrogen (secondary N) is 1. The minimum absolute atomic E-state index is 0.291. The molecule has 0 unspecified atom stereocenters. The highest BCUT2D eigenvalue weighted by molar-refractivity contribution is 5.81. The van der Waals surface area contributed by atoms with E-state index in [4.69, 9.17) is 4.98 Å². The number of anilines is 1. The minimum atomic E-state index is 0.291. The molecule has 0 radical (unpaired) electrons. The predicted octanol–water partition coefficient (Wildman–Crippen LogP) is 5.43. The maximum absolute atomic E-state index is 12.9. The first-order chi connectivity index (χ1) is 16.6. The van der Waals surface area contributed by atoms with Crippen LogP contribution in [0.3, 0.4) is 0 Å². The zero-order valence-corrected chi connectivity index (χ0v) is 20.1. The van der Waals surface area contributed by atoms with Gasteiger partial charge in [0.05, 0.1) is 11.0 Å². The number of carbonyl (C=O) groups is 1. The lowest BCUT2D eigenvalue weighted by Gasteiger charge is -2.57. The Morgan fingerprint density at radius 2 is 1.71 bits per heavy atom. The molecule has 1 N–H and O–H groups in total. The van der Waals surface area contributed by atoms with Gasteiger partial charge >= 0.3 is 0 Å². The summed E-state index contributed by atoms with van der Waals surface area (Å²) in [6, 6.07) is 12.7. The molecule has 34 heavy (non-hydrogen) atoms. The number of para-hydroxylation sites is 2. The number of piperidine rings is 1. The van der Waals surface area contributed by atoms with E-state index in [0.717, 1.165) is 66.9 Å². The maximum Gasteiger partial charge on any atom is 0.220 e. The van der Waals surface area contributed by atoms with Gasteiger partial charge in [0.2, 0.25) is 5.91 Å². The van der Waals surface area contributed by atoms with E-state index in [1.165, 1.54) is 44.2 Å². The highest BCUT2D eigenvalue weighted by Gasteiger charge is 2.50. The van der Waals surface area contributed by atoms with Crippen molar-refractivity contribution in [3.63, 3.8) is 0 Å². The zero-order valence-electron chi connectivity index (χ0n) is 20.1. The van der Waals surface area contributed by atoms with Crippen LogP contribution in [0, 0.1) is 29.1 Å². The SMILES string of the molecule is O=C(CC1CCN(c2ccn3c(c2)nc2ccccc23)CC1)NCC12CC3CC(CC(C3)C1)C2. The van der Waals surface area contributed by atoms with Gasteiger partial charge in [0.25, 0.3) is 0 Å². The molecule has 0 spiro atoms. The van der Waals surface area contributed by atoms with E-state index in [-0.39, 0.29) is 0 Å². The number of amides is 1. The second-order valence-electron chi connectivity index (χ2n) is 12.0. The molecule has 4 bridgehead atoms. The first-order valence-electron chi connectivity index (χ1n) is 13.5. The molecule has 5 fully saturated rings. The van der Waals surface area contributed by atoms with Crippen molar-refractivity contribution in [3.05, 3.63) is 42.6 Å². The number of aromatic nitrogens is 2. The largest absolute Gasteiger partial charge is 0.371 e. The Morgan fingerprint density at radius 1 is 1.00 bits per heavy atom. The van der Waals surface area contributed by atoms with Gasteiger partial charge in [-0.2, -0.15) is 0 Å². The second kappa shape index (κ2) is 8.00. The lowest BCUT2D eigenvalue weighted by Crippen LogP contribution is -2.51. The molecule has 5 aliphatic rings. The lowest BCUT2D eigenvalue weighted by molar-refractivity contribution is -0.124. The summed E-state index contributed by atoms with van der Waals surface area (Å²) < 4.78 is 2.17. The summed E-state index contributed by atoms with van der Waals surface area (Å²) in [5, 5.41) is 3.40. The molecule has 1 saturated heterocycles. The van der Waals surface area contributed by atoms with Crippen molar-refractivity contribution in [1.82, 2.24) is 14.7 Å². The number of carbonyl (C=O) groups excluding carboxylic acids is 1. The van der Waals surface area contributed by atoms with Gasteiger partial charge in [-0.25, -0.2) is 4.98 Å². The fourth-order valence-corrected chi connectivity index (χ4v) is 8.37. The van der Waals surface area contributed by atoms with Crippen LogP contribution in [0.1, 0.15) is 57.8 Å². The van der Waals surface area contributed by atoms with Crippen molar-refractivity contribution in [1.29, 1.82) is 0 Å². The number of hydrogen-bond acceptors (Lipinski definition) is 3. The molecule has 4 aliphatic carbocycles. The number of nitrogens with zero attached hydrogens (tertiary/aromatic N) is 3. The highest BCUT2D eigenvalue weighted by Crippen LogP contribution is 2.59. The molecule has 1 amide bonds. The molecule has 8 rings (SSSR count). The Bertz CT molecular complexity index is 1190. The van der Waals surface area contributed by atoms with Gasteiger partial charge in [0.1, 0.15) is 5.65 Å². The van der Waals surface area contributed by atoms with Gasteiger partial charge in [-0.3, -0.25) is 9.20 Å². The van der Waals surface area contributed by atoms with Crippen molar-refractivity contribution in [2.45, 2.75) is 57.8 Å². The number of imidazole rings is 1. The molecule has 5 heteroatoms. The molecule has 178 valence electrons. The highest BCUT2D eigenvalue weighted by atomic mass is 16.1. The number of fused-ring (bicyclic) bond motifs is 3. The van der Waals surface area contributed by atoms with Gasteiger partial charge < -0.3 is 10.2 Å². The first-order valence-corrected chi connectivity index (χ1v) is 13.5. The summed E-state index contributed by atoms with van der Waals surface area (Å²) in [5.41, 5.74) is 4.88. The van der Waals surface area contributed by atoms with Gasteiger partial charge in [0, 0.05) is 44.0 Å². The molecule has 1 aromatic carbocycles. The third-order valence-corrected chi connectivity index (χ3v) is 9.57. The summed E-state index contributed by atoms with van der Waals surface area (Å²) in [5.74, 6) is 3.65. The van der Waals surface area contributed by atoms with E-state index in [9.17, 15) is 4.79 Å². The Kier molecular flexibility index (Phi) is 4.89. The van der Waals surface area contributed by atoms with Crippen LogP contribution in [0.25, 0.3) is 16.7 Å². The Morgan fingerprint density at radius 3 is 2.44 bits per heavy atom. The summed E-state index contributed by atoms with van der Waals surface area (Å²) >= 11 is 0. The van der Waals surface area contributed by atoms with E-state index < -0.39 is 0 Å². The second-order valence-corrected chi connectivity index (χ2v) is 12.0. The van der Waals surface area contributed by atoms with Gasteiger partial charge in [-0.1, -0.05) is 12.1 Å². The Hall–Kier alpha value is -2.56. The van der Waals surface area contributed by atoms with E-state index in [0.29, 0.717) is 23.7 Å². The first kappa shape index (κ1) is 20.8. The van der Waals surface area contributed by atoms with Crippen molar-refractivity contribution in [2.24, 2.45) is 29.1 Å². The number of rotatable bonds is 5. The van der Waals surface area contributed by atoms with Gasteiger partial charge in [-0.05, 0) is 98.7 Å². The van der Waals surface area contributed by atoms with Crippen LogP contribution in [0.5, 0.6) is 0 Å².